The number of hydrogen-bond donors (Lipinski definition) is 2. The van der Waals surface area contributed by atoms with Crippen molar-refractivity contribution in [3.63, 3.8) is 0 Å². The SMILES string of the molecule is CC.OC1=CC(c2ccc(-c3ccc4c(c3)c3ccccc3n4-c3ccccc3)cc2)C(Nc2ccc(-c3ccc4c5ccccc5n(-c5ccccc5)c4c3)cc2)C=C1. The molecule has 1 aliphatic rings. The Morgan fingerprint density at radius 1 is 0.433 bits per heavy atom. The molecule has 10 aromatic rings. The summed E-state index contributed by atoms with van der Waals surface area (Å²) in [5, 5.41) is 19.4. The van der Waals surface area contributed by atoms with Crippen LogP contribution in [0.4, 0.5) is 5.69 Å². The van der Waals surface area contributed by atoms with Gasteiger partial charge in [-0.25, -0.2) is 0 Å². The lowest BCUT2D eigenvalue weighted by Crippen LogP contribution is -2.26. The predicted octanol–water partition coefficient (Wildman–Crippen LogP) is 14.8. The summed E-state index contributed by atoms with van der Waals surface area (Å²) in [4.78, 5) is 0. The number of aliphatic hydroxyl groups excluding tert-OH is 1. The third-order valence-corrected chi connectivity index (χ3v) is 11.8. The van der Waals surface area contributed by atoms with E-state index in [4.69, 9.17) is 0 Å². The molecule has 0 spiro atoms. The molecule has 11 rings (SSSR count). The zero-order valence-corrected chi connectivity index (χ0v) is 33.7. The second kappa shape index (κ2) is 15.7. The Bertz CT molecular complexity index is 3190. The summed E-state index contributed by atoms with van der Waals surface area (Å²) in [6.45, 7) is 4.00. The summed E-state index contributed by atoms with van der Waals surface area (Å²) in [6, 6.07) is 69.5. The van der Waals surface area contributed by atoms with E-state index in [0.29, 0.717) is 0 Å². The van der Waals surface area contributed by atoms with Gasteiger partial charge in [0.1, 0.15) is 5.76 Å². The fourth-order valence-electron chi connectivity index (χ4n) is 8.97. The number of fused-ring (bicyclic) bond motifs is 6. The summed E-state index contributed by atoms with van der Waals surface area (Å²) < 4.78 is 4.71. The van der Waals surface area contributed by atoms with E-state index in [1.54, 1.807) is 6.08 Å². The number of aromatic nitrogens is 2. The number of rotatable bonds is 7. The van der Waals surface area contributed by atoms with Gasteiger partial charge < -0.3 is 19.6 Å². The lowest BCUT2D eigenvalue weighted by molar-refractivity contribution is 0.422. The first-order chi connectivity index (χ1) is 29.7. The number of aliphatic hydroxyl groups is 1. The normalized spacial score (nSPS) is 14.9. The van der Waals surface area contributed by atoms with Crippen molar-refractivity contribution in [1.29, 1.82) is 0 Å². The van der Waals surface area contributed by atoms with E-state index in [1.807, 2.05) is 19.9 Å². The van der Waals surface area contributed by atoms with Crippen LogP contribution in [0.15, 0.2) is 218 Å². The van der Waals surface area contributed by atoms with E-state index in [1.165, 1.54) is 54.7 Å². The molecule has 4 heteroatoms. The van der Waals surface area contributed by atoms with Crippen LogP contribution in [0, 0.1) is 0 Å². The molecule has 2 heterocycles. The third kappa shape index (κ3) is 6.53. The highest BCUT2D eigenvalue weighted by Crippen LogP contribution is 2.38. The van der Waals surface area contributed by atoms with Gasteiger partial charge in [0, 0.05) is 44.5 Å². The van der Waals surface area contributed by atoms with Crippen LogP contribution in [0.3, 0.4) is 0 Å². The molecule has 290 valence electrons. The molecule has 1 aliphatic carbocycles. The second-order valence-electron chi connectivity index (χ2n) is 15.2. The van der Waals surface area contributed by atoms with Gasteiger partial charge in [-0.1, -0.05) is 147 Å². The minimum Gasteiger partial charge on any atom is -0.508 e. The highest BCUT2D eigenvalue weighted by atomic mass is 16.3. The van der Waals surface area contributed by atoms with E-state index >= 15 is 0 Å². The Hall–Kier alpha value is -7.56. The van der Waals surface area contributed by atoms with Crippen molar-refractivity contribution >= 4 is 49.3 Å². The molecule has 0 saturated carbocycles. The maximum absolute atomic E-state index is 10.6. The number of para-hydroxylation sites is 4. The first kappa shape index (κ1) is 36.8. The van der Waals surface area contributed by atoms with E-state index in [9.17, 15) is 5.11 Å². The number of allylic oxidation sites excluding steroid dienone is 1. The van der Waals surface area contributed by atoms with Crippen LogP contribution in [0.5, 0.6) is 0 Å². The van der Waals surface area contributed by atoms with Crippen molar-refractivity contribution < 1.29 is 5.11 Å². The van der Waals surface area contributed by atoms with Crippen molar-refractivity contribution in [2.75, 3.05) is 5.32 Å². The van der Waals surface area contributed by atoms with Crippen molar-refractivity contribution in [3.8, 4) is 33.6 Å². The van der Waals surface area contributed by atoms with Crippen LogP contribution in [0.1, 0.15) is 25.3 Å². The monoisotopic (exact) mass is 775 g/mol. The lowest BCUT2D eigenvalue weighted by atomic mass is 9.86. The van der Waals surface area contributed by atoms with Gasteiger partial charge in [0.05, 0.1) is 28.1 Å². The van der Waals surface area contributed by atoms with E-state index < -0.39 is 0 Å². The summed E-state index contributed by atoms with van der Waals surface area (Å²) >= 11 is 0. The van der Waals surface area contributed by atoms with E-state index in [2.05, 4.69) is 215 Å². The minimum atomic E-state index is -0.0487. The van der Waals surface area contributed by atoms with E-state index in [0.717, 1.165) is 33.8 Å². The predicted molar refractivity (Wildman–Crippen MR) is 254 cm³/mol. The third-order valence-electron chi connectivity index (χ3n) is 11.8. The Kier molecular flexibility index (Phi) is 9.59. The van der Waals surface area contributed by atoms with E-state index in [-0.39, 0.29) is 17.7 Å². The lowest BCUT2D eigenvalue weighted by Gasteiger charge is -2.27. The molecule has 4 nitrogen and oxygen atoms in total. The quantitative estimate of drug-likeness (QED) is 0.169. The van der Waals surface area contributed by atoms with Gasteiger partial charge in [-0.3, -0.25) is 0 Å². The molecule has 2 aromatic heterocycles. The maximum Gasteiger partial charge on any atom is 0.112 e. The average Bonchev–Trinajstić information content (AvgIpc) is 3.83. The number of hydrogen-bond acceptors (Lipinski definition) is 2. The number of anilines is 1. The van der Waals surface area contributed by atoms with Gasteiger partial charge in [0.25, 0.3) is 0 Å². The zero-order chi connectivity index (χ0) is 40.6. The number of benzene rings is 8. The minimum absolute atomic E-state index is 0.0361. The molecule has 2 atom stereocenters. The second-order valence-corrected chi connectivity index (χ2v) is 15.2. The topological polar surface area (TPSA) is 42.1 Å². The molecule has 8 aromatic carbocycles. The number of nitrogens with zero attached hydrogens (tertiary/aromatic N) is 2. The maximum atomic E-state index is 10.6. The Morgan fingerprint density at radius 2 is 0.917 bits per heavy atom. The first-order valence-corrected chi connectivity index (χ1v) is 20.9. The zero-order valence-electron chi connectivity index (χ0n) is 33.7. The Morgan fingerprint density at radius 3 is 1.57 bits per heavy atom. The highest BCUT2D eigenvalue weighted by molar-refractivity contribution is 6.11. The van der Waals surface area contributed by atoms with Gasteiger partial charge in [0.15, 0.2) is 0 Å². The smallest absolute Gasteiger partial charge is 0.112 e. The molecule has 0 amide bonds. The molecule has 0 bridgehead atoms. The van der Waals surface area contributed by atoms with Crippen LogP contribution in [-0.2, 0) is 0 Å². The molecular formula is C56H45N3O. The van der Waals surface area contributed by atoms with Gasteiger partial charge in [-0.15, -0.1) is 0 Å². The van der Waals surface area contributed by atoms with Crippen LogP contribution in [0.25, 0.3) is 77.2 Å². The van der Waals surface area contributed by atoms with Crippen LogP contribution in [0.2, 0.25) is 0 Å². The molecule has 0 saturated heterocycles. The van der Waals surface area contributed by atoms with Crippen LogP contribution >= 0.6 is 0 Å². The van der Waals surface area contributed by atoms with Crippen molar-refractivity contribution in [2.24, 2.45) is 0 Å². The largest absolute Gasteiger partial charge is 0.508 e. The van der Waals surface area contributed by atoms with Gasteiger partial charge in [-0.05, 0) is 107 Å². The summed E-state index contributed by atoms with van der Waals surface area (Å²) in [6.07, 6.45) is 5.81. The van der Waals surface area contributed by atoms with Crippen LogP contribution in [-0.4, -0.2) is 20.3 Å². The van der Waals surface area contributed by atoms with Crippen molar-refractivity contribution in [2.45, 2.75) is 25.8 Å². The summed E-state index contributed by atoms with van der Waals surface area (Å²) in [7, 11) is 0. The highest BCUT2D eigenvalue weighted by Gasteiger charge is 2.23. The molecule has 2 N–H and O–H groups in total. The Balaban J connectivity index is 0.00000213. The van der Waals surface area contributed by atoms with Gasteiger partial charge in [0.2, 0.25) is 0 Å². The fourth-order valence-corrected chi connectivity index (χ4v) is 8.97. The standard InChI is InChI=1S/C54H39N3O.C2H6/c58-44-29-31-50(55-41-27-23-37(24-28-41)40-25-30-47-45-15-7-9-17-51(45)57(54(47)34-40)43-13-5-2-6-14-43)48(35-44)38-21-19-36(20-22-38)39-26-32-53-49(33-39)46-16-8-10-18-52(46)56(53)42-11-3-1-4-12-42;1-2/h1-35,48,50,55,58H;1-2H3. The van der Waals surface area contributed by atoms with Crippen molar-refractivity contribution in [3.05, 3.63) is 224 Å². The van der Waals surface area contributed by atoms with Gasteiger partial charge >= 0.3 is 0 Å². The first-order valence-electron chi connectivity index (χ1n) is 20.9. The van der Waals surface area contributed by atoms with Crippen LogP contribution < -0.4 is 5.32 Å². The molecule has 0 fully saturated rings. The van der Waals surface area contributed by atoms with Gasteiger partial charge in [-0.2, -0.15) is 0 Å². The fraction of sp³-hybridized carbons (Fsp3) is 0.0714. The average molecular weight is 776 g/mol. The Labute approximate surface area is 350 Å². The molecule has 2 unspecified atom stereocenters. The molecule has 0 aliphatic heterocycles. The molecule has 60 heavy (non-hydrogen) atoms. The molecule has 0 radical (unpaired) electrons. The summed E-state index contributed by atoms with van der Waals surface area (Å²) in [5.74, 6) is 0.235. The number of nitrogens with one attached hydrogen (secondary N) is 1. The van der Waals surface area contributed by atoms with Crippen molar-refractivity contribution in [1.82, 2.24) is 9.13 Å². The molecular weight excluding hydrogens is 731 g/mol. The summed E-state index contributed by atoms with van der Waals surface area (Å²) in [5.41, 5.74) is 13.9.